The van der Waals surface area contributed by atoms with Crippen LogP contribution in [-0.4, -0.2) is 67.9 Å². The fraction of sp³-hybridized carbons (Fsp3) is 0.714. The molecule has 2 atom stereocenters. The normalized spacial score (nSPS) is 13.5. The van der Waals surface area contributed by atoms with Crippen LogP contribution in [0.5, 0.6) is 0 Å². The van der Waals surface area contributed by atoms with Crippen molar-refractivity contribution in [2.45, 2.75) is 37.8 Å². The van der Waals surface area contributed by atoms with Crippen LogP contribution in [0.1, 0.15) is 25.7 Å². The van der Waals surface area contributed by atoms with E-state index < -0.39 is 35.7 Å². The maximum atomic E-state index is 10.8. The monoisotopic (exact) mass is 412 g/mol. The lowest BCUT2D eigenvalue weighted by Crippen LogP contribution is -2.29. The number of carbonyl (C=O) groups is 4. The molecule has 0 saturated carbocycles. The Morgan fingerprint density at radius 1 is 0.615 bits per heavy atom. The number of hydrogen-bond acceptors (Lipinski definition) is 8. The minimum absolute atomic E-state index is 0.0532. The van der Waals surface area contributed by atoms with Gasteiger partial charge in [-0.2, -0.15) is 0 Å². The second kappa shape index (κ2) is 12.8. The van der Waals surface area contributed by atoms with Crippen LogP contribution in [0.4, 0.5) is 0 Å². The zero-order valence-electron chi connectivity index (χ0n) is 13.9. The number of carboxylic acid groups (broad SMARTS) is 4. The van der Waals surface area contributed by atoms with Gasteiger partial charge in [0.05, 0.1) is 0 Å². The van der Waals surface area contributed by atoms with Gasteiger partial charge >= 0.3 is 23.9 Å². The maximum Gasteiger partial charge on any atom is 0.317 e. The molecule has 0 amide bonds. The molecule has 0 heterocycles. The Labute approximate surface area is 158 Å². The highest BCUT2D eigenvalue weighted by molar-refractivity contribution is 8.76. The summed E-state index contributed by atoms with van der Waals surface area (Å²) >= 11 is 0. The van der Waals surface area contributed by atoms with Crippen LogP contribution in [0.3, 0.4) is 0 Å². The van der Waals surface area contributed by atoms with Crippen molar-refractivity contribution in [3.63, 3.8) is 0 Å². The lowest BCUT2D eigenvalue weighted by Gasteiger charge is -2.15. The van der Waals surface area contributed by atoms with Crippen molar-refractivity contribution in [3.05, 3.63) is 0 Å². The van der Waals surface area contributed by atoms with Gasteiger partial charge in [0.25, 0.3) is 0 Å². The molecule has 0 bridgehead atoms. The van der Waals surface area contributed by atoms with Gasteiger partial charge in [0.2, 0.25) is 0 Å². The summed E-state index contributed by atoms with van der Waals surface area (Å²) in [4.78, 5) is 43.1. The number of carboxylic acids is 4. The van der Waals surface area contributed by atoms with E-state index in [4.69, 9.17) is 31.9 Å². The van der Waals surface area contributed by atoms with E-state index in [1.807, 2.05) is 0 Å². The summed E-state index contributed by atoms with van der Waals surface area (Å²) in [5, 5.41) is 35.1. The maximum absolute atomic E-state index is 10.8. The molecule has 0 aliphatic heterocycles. The summed E-state index contributed by atoms with van der Waals surface area (Å²) in [7, 11) is 2.78. The number of rotatable bonds is 15. The number of hydrogen-bond donors (Lipinski definition) is 6. The molecule has 0 aromatic heterocycles. The van der Waals surface area contributed by atoms with Gasteiger partial charge in [-0.05, 0) is 25.7 Å². The first-order valence-corrected chi connectivity index (χ1v) is 10.2. The first-order chi connectivity index (χ1) is 12.1. The van der Waals surface area contributed by atoms with Crippen molar-refractivity contribution in [3.8, 4) is 0 Å². The van der Waals surface area contributed by atoms with Crippen molar-refractivity contribution >= 4 is 45.5 Å². The molecule has 0 rings (SSSR count). The van der Waals surface area contributed by atoms with Gasteiger partial charge in [-0.25, -0.2) is 0 Å². The molecule has 150 valence electrons. The Hall–Kier alpha value is -1.50. The van der Waals surface area contributed by atoms with Crippen LogP contribution in [0.2, 0.25) is 0 Å². The molecule has 0 radical (unpaired) electrons. The molecular weight excluding hydrogens is 388 g/mol. The Bertz CT molecular complexity index is 433. The smallest absolute Gasteiger partial charge is 0.317 e. The Balaban J connectivity index is 3.96. The van der Waals surface area contributed by atoms with E-state index in [1.54, 1.807) is 0 Å². The van der Waals surface area contributed by atoms with E-state index in [0.29, 0.717) is 11.5 Å². The molecule has 0 saturated heterocycles. The van der Waals surface area contributed by atoms with E-state index in [1.165, 1.54) is 21.6 Å². The van der Waals surface area contributed by atoms with Crippen LogP contribution >= 0.6 is 21.6 Å². The van der Waals surface area contributed by atoms with Gasteiger partial charge in [-0.1, -0.05) is 21.6 Å². The molecular formula is C14H24N2O8S2. The van der Waals surface area contributed by atoms with Crippen LogP contribution in [0.25, 0.3) is 0 Å². The van der Waals surface area contributed by atoms with Crippen molar-refractivity contribution in [2.75, 3.05) is 11.5 Å². The molecule has 10 nitrogen and oxygen atoms in total. The third kappa shape index (κ3) is 10.5. The third-order valence-electron chi connectivity index (χ3n) is 3.49. The van der Waals surface area contributed by atoms with E-state index in [9.17, 15) is 19.2 Å². The van der Waals surface area contributed by atoms with Gasteiger partial charge in [-0.15, -0.1) is 0 Å². The zero-order chi connectivity index (χ0) is 20.3. The van der Waals surface area contributed by atoms with Gasteiger partial charge in [0.1, 0.15) is 0 Å². The third-order valence-corrected chi connectivity index (χ3v) is 6.10. The van der Waals surface area contributed by atoms with Crippen molar-refractivity contribution in [2.24, 2.45) is 23.3 Å². The summed E-state index contributed by atoms with van der Waals surface area (Å²) in [6, 6.07) is -0.735. The molecule has 2 unspecified atom stereocenters. The van der Waals surface area contributed by atoms with Crippen molar-refractivity contribution < 1.29 is 39.6 Å². The van der Waals surface area contributed by atoms with Gasteiger partial charge < -0.3 is 31.9 Å². The van der Waals surface area contributed by atoms with Crippen LogP contribution in [-0.2, 0) is 19.2 Å². The molecule has 26 heavy (non-hydrogen) atoms. The first kappa shape index (κ1) is 24.5. The lowest BCUT2D eigenvalue weighted by atomic mass is 10.0. The number of nitrogens with two attached hydrogens (primary N) is 2. The predicted octanol–water partition coefficient (Wildman–Crippen LogP) is 0.154. The Morgan fingerprint density at radius 2 is 0.885 bits per heavy atom. The average Bonchev–Trinajstić information content (AvgIpc) is 2.50. The highest BCUT2D eigenvalue weighted by Crippen LogP contribution is 2.25. The summed E-state index contributed by atoms with van der Waals surface area (Å²) < 4.78 is 0. The van der Waals surface area contributed by atoms with E-state index >= 15 is 0 Å². The van der Waals surface area contributed by atoms with Crippen LogP contribution < -0.4 is 11.5 Å². The summed E-state index contributed by atoms with van der Waals surface area (Å²) in [5.41, 5.74) is 11.6. The molecule has 8 N–H and O–H groups in total. The molecule has 0 spiro atoms. The molecule has 0 aromatic carbocycles. The summed E-state index contributed by atoms with van der Waals surface area (Å²) in [6.45, 7) is 0. The minimum Gasteiger partial charge on any atom is -0.481 e. The average molecular weight is 412 g/mol. The van der Waals surface area contributed by atoms with Crippen LogP contribution in [0, 0.1) is 11.8 Å². The SMILES string of the molecule is NC(CCC(C(=O)O)C(=O)O)CSSCC(N)CCC(C(=O)O)C(=O)O. The number of aliphatic carboxylic acids is 4. The van der Waals surface area contributed by atoms with Gasteiger partial charge in [-0.3, -0.25) is 19.2 Å². The zero-order valence-corrected chi connectivity index (χ0v) is 15.6. The van der Waals surface area contributed by atoms with Crippen molar-refractivity contribution in [1.82, 2.24) is 0 Å². The molecule has 0 aliphatic rings. The molecule has 0 fully saturated rings. The van der Waals surface area contributed by atoms with E-state index in [2.05, 4.69) is 0 Å². The highest BCUT2D eigenvalue weighted by atomic mass is 33.1. The van der Waals surface area contributed by atoms with E-state index in [0.717, 1.165) is 0 Å². The minimum atomic E-state index is -1.47. The first-order valence-electron chi connectivity index (χ1n) is 7.73. The molecule has 0 aromatic rings. The molecule has 12 heteroatoms. The lowest BCUT2D eigenvalue weighted by molar-refractivity contribution is -0.156. The van der Waals surface area contributed by atoms with Crippen LogP contribution in [0.15, 0.2) is 0 Å². The standard InChI is InChI=1S/C14H24N2O8S2/c15-7(1-3-9(11(17)18)12(19)20)5-25-26-6-8(16)2-4-10(13(21)22)14(23)24/h7-10H,1-6,15-16H2,(H,17,18)(H,19,20)(H,21,22)(H,23,24). The second-order valence-electron chi connectivity index (χ2n) is 5.70. The van der Waals surface area contributed by atoms with E-state index in [-0.39, 0.29) is 37.8 Å². The largest absolute Gasteiger partial charge is 0.481 e. The van der Waals surface area contributed by atoms with Gasteiger partial charge in [0.15, 0.2) is 11.8 Å². The van der Waals surface area contributed by atoms with Crippen molar-refractivity contribution in [1.29, 1.82) is 0 Å². The predicted molar refractivity (Wildman–Crippen MR) is 96.9 cm³/mol. The Kier molecular flexibility index (Phi) is 12.1. The summed E-state index contributed by atoms with van der Waals surface area (Å²) in [5.74, 6) is -7.56. The second-order valence-corrected chi connectivity index (χ2v) is 8.25. The fourth-order valence-electron chi connectivity index (χ4n) is 1.90. The quantitative estimate of drug-likeness (QED) is 0.121. The highest BCUT2D eigenvalue weighted by Gasteiger charge is 2.27. The van der Waals surface area contributed by atoms with Gasteiger partial charge in [0, 0.05) is 23.6 Å². The Morgan fingerprint density at radius 3 is 1.12 bits per heavy atom. The molecule has 0 aliphatic carbocycles. The topological polar surface area (TPSA) is 201 Å². The summed E-state index contributed by atoms with van der Waals surface area (Å²) in [6.07, 6.45) is 0.397. The fourth-order valence-corrected chi connectivity index (χ4v) is 4.41.